The summed E-state index contributed by atoms with van der Waals surface area (Å²) in [7, 11) is -3.70. The van der Waals surface area contributed by atoms with Crippen molar-refractivity contribution in [3.05, 3.63) is 28.8 Å². The molecule has 20 heavy (non-hydrogen) atoms. The summed E-state index contributed by atoms with van der Waals surface area (Å²) in [5.41, 5.74) is 6.33. The second-order valence-electron chi connectivity index (χ2n) is 4.44. The Hall–Kier alpha value is -1.35. The first kappa shape index (κ1) is 15.0. The third-order valence-electron chi connectivity index (χ3n) is 3.17. The molecule has 9 heteroatoms. The topological polar surface area (TPSA) is 110 Å². The molecule has 0 aliphatic carbocycles. The van der Waals surface area contributed by atoms with Crippen LogP contribution in [0, 0.1) is 0 Å². The molecule has 4 N–H and O–H groups in total. The van der Waals surface area contributed by atoms with Crippen molar-refractivity contribution in [1.29, 1.82) is 0 Å². The smallest absolute Gasteiger partial charge is 0.277 e. The van der Waals surface area contributed by atoms with E-state index in [1.807, 2.05) is 0 Å². The Bertz CT molecular complexity index is 627. The minimum atomic E-state index is -3.70. The van der Waals surface area contributed by atoms with Crippen LogP contribution in [-0.2, 0) is 10.2 Å². The molecule has 0 bridgehead atoms. The van der Waals surface area contributed by atoms with Gasteiger partial charge in [0, 0.05) is 26.2 Å². The number of nitrogen functional groups attached to an aromatic ring is 1. The van der Waals surface area contributed by atoms with Gasteiger partial charge in [0.1, 0.15) is 0 Å². The molecule has 1 aromatic carbocycles. The summed E-state index contributed by atoms with van der Waals surface area (Å²) in [5.74, 6) is -0.265. The lowest BCUT2D eigenvalue weighted by atomic mass is 10.1. The van der Waals surface area contributed by atoms with E-state index in [2.05, 4.69) is 0 Å². The predicted octanol–water partition coefficient (Wildman–Crippen LogP) is -0.117. The van der Waals surface area contributed by atoms with E-state index in [9.17, 15) is 13.2 Å². The highest BCUT2D eigenvalue weighted by atomic mass is 35.5. The van der Waals surface area contributed by atoms with Gasteiger partial charge in [0.05, 0.1) is 16.3 Å². The number of hydrogen-bond acceptors (Lipinski definition) is 4. The van der Waals surface area contributed by atoms with Gasteiger partial charge in [-0.25, -0.2) is 5.14 Å². The number of hydrogen-bond donors (Lipinski definition) is 2. The number of halogens is 1. The lowest BCUT2D eigenvalue weighted by Crippen LogP contribution is -2.52. The molecule has 0 aromatic heterocycles. The van der Waals surface area contributed by atoms with Gasteiger partial charge in [-0.1, -0.05) is 17.7 Å². The van der Waals surface area contributed by atoms with Crippen LogP contribution in [0.4, 0.5) is 5.69 Å². The molecule has 2 rings (SSSR count). The van der Waals surface area contributed by atoms with Crippen LogP contribution >= 0.6 is 11.6 Å². The Balaban J connectivity index is 2.11. The van der Waals surface area contributed by atoms with E-state index in [-0.39, 0.29) is 37.8 Å². The first-order valence-corrected chi connectivity index (χ1v) is 7.80. The molecule has 1 fully saturated rings. The van der Waals surface area contributed by atoms with Crippen molar-refractivity contribution >= 4 is 33.4 Å². The van der Waals surface area contributed by atoms with Crippen molar-refractivity contribution in [1.82, 2.24) is 9.21 Å². The molecule has 0 saturated carbocycles. The molecule has 0 atom stereocenters. The zero-order valence-corrected chi connectivity index (χ0v) is 12.2. The number of nitrogens with zero attached hydrogens (tertiary/aromatic N) is 2. The van der Waals surface area contributed by atoms with E-state index in [0.29, 0.717) is 10.6 Å². The fourth-order valence-electron chi connectivity index (χ4n) is 2.04. The number of amides is 1. The van der Waals surface area contributed by atoms with Crippen LogP contribution in [0.25, 0.3) is 0 Å². The third-order valence-corrected chi connectivity index (χ3v) is 4.58. The standard InChI is InChI=1S/C11H15ClN4O3S/c12-9-3-1-2-8(10(9)13)11(17)15-4-6-16(7-5-15)20(14,18)19/h1-3H,4-7,13H2,(H2,14,18,19). The van der Waals surface area contributed by atoms with Gasteiger partial charge in [0.25, 0.3) is 16.1 Å². The molecule has 1 saturated heterocycles. The summed E-state index contributed by atoms with van der Waals surface area (Å²) in [5, 5.41) is 5.36. The fraction of sp³-hybridized carbons (Fsp3) is 0.364. The minimum absolute atomic E-state index is 0.172. The Morgan fingerprint density at radius 2 is 1.80 bits per heavy atom. The third kappa shape index (κ3) is 3.04. The summed E-state index contributed by atoms with van der Waals surface area (Å²) in [6, 6.07) is 4.84. The minimum Gasteiger partial charge on any atom is -0.397 e. The van der Waals surface area contributed by atoms with E-state index < -0.39 is 10.2 Å². The SMILES string of the molecule is Nc1c(Cl)cccc1C(=O)N1CCN(S(N)(=O)=O)CC1. The van der Waals surface area contributed by atoms with Crippen molar-refractivity contribution in [3.63, 3.8) is 0 Å². The molecule has 110 valence electrons. The van der Waals surface area contributed by atoms with Gasteiger partial charge in [0.2, 0.25) is 0 Å². The maximum absolute atomic E-state index is 12.3. The molecule has 1 amide bonds. The fourth-order valence-corrected chi connectivity index (χ4v) is 2.89. The highest BCUT2D eigenvalue weighted by Crippen LogP contribution is 2.24. The first-order chi connectivity index (χ1) is 9.30. The highest BCUT2D eigenvalue weighted by molar-refractivity contribution is 7.86. The number of carbonyl (C=O) groups is 1. The van der Waals surface area contributed by atoms with Gasteiger partial charge < -0.3 is 10.6 Å². The monoisotopic (exact) mass is 318 g/mol. The van der Waals surface area contributed by atoms with Crippen LogP contribution in [0.5, 0.6) is 0 Å². The molecule has 0 unspecified atom stereocenters. The van der Waals surface area contributed by atoms with Gasteiger partial charge in [-0.05, 0) is 12.1 Å². The quantitative estimate of drug-likeness (QED) is 0.741. The maximum Gasteiger partial charge on any atom is 0.277 e. The molecule has 1 aromatic rings. The molecule has 7 nitrogen and oxygen atoms in total. The largest absolute Gasteiger partial charge is 0.397 e. The Morgan fingerprint density at radius 3 is 2.35 bits per heavy atom. The van der Waals surface area contributed by atoms with Crippen LogP contribution < -0.4 is 10.9 Å². The zero-order valence-electron chi connectivity index (χ0n) is 10.6. The van der Waals surface area contributed by atoms with Gasteiger partial charge in [-0.15, -0.1) is 0 Å². The molecular weight excluding hydrogens is 304 g/mol. The van der Waals surface area contributed by atoms with Crippen molar-refractivity contribution in [2.75, 3.05) is 31.9 Å². The van der Waals surface area contributed by atoms with Crippen LogP contribution in [0.1, 0.15) is 10.4 Å². The van der Waals surface area contributed by atoms with Crippen LogP contribution in [0.3, 0.4) is 0 Å². The number of piperazine rings is 1. The van der Waals surface area contributed by atoms with Crippen molar-refractivity contribution < 1.29 is 13.2 Å². The summed E-state index contributed by atoms with van der Waals surface area (Å²) in [6.07, 6.45) is 0. The molecule has 0 spiro atoms. The number of nitrogens with two attached hydrogens (primary N) is 2. The average Bonchev–Trinajstić information content (AvgIpc) is 2.40. The second-order valence-corrected chi connectivity index (χ2v) is 6.39. The predicted molar refractivity (Wildman–Crippen MR) is 76.4 cm³/mol. The Kier molecular flexibility index (Phi) is 4.19. The molecule has 0 radical (unpaired) electrons. The van der Waals surface area contributed by atoms with Crippen LogP contribution in [-0.4, -0.2) is 49.7 Å². The van der Waals surface area contributed by atoms with Crippen molar-refractivity contribution in [2.45, 2.75) is 0 Å². The normalized spacial score (nSPS) is 17.2. The number of para-hydroxylation sites is 1. The molecule has 1 aliphatic rings. The van der Waals surface area contributed by atoms with Crippen molar-refractivity contribution in [3.8, 4) is 0 Å². The lowest BCUT2D eigenvalue weighted by molar-refractivity contribution is 0.0699. The summed E-state index contributed by atoms with van der Waals surface area (Å²) < 4.78 is 23.5. The molecular formula is C11H15ClN4O3S. The summed E-state index contributed by atoms with van der Waals surface area (Å²) >= 11 is 5.88. The Labute approximate surface area is 122 Å². The van der Waals surface area contributed by atoms with Gasteiger partial charge in [-0.3, -0.25) is 4.79 Å². The zero-order chi connectivity index (χ0) is 14.9. The van der Waals surface area contributed by atoms with Crippen LogP contribution in [0.2, 0.25) is 5.02 Å². The lowest BCUT2D eigenvalue weighted by Gasteiger charge is -2.33. The highest BCUT2D eigenvalue weighted by Gasteiger charge is 2.27. The Morgan fingerprint density at radius 1 is 1.20 bits per heavy atom. The average molecular weight is 319 g/mol. The van der Waals surface area contributed by atoms with Gasteiger partial charge in [0.15, 0.2) is 0 Å². The van der Waals surface area contributed by atoms with E-state index in [0.717, 1.165) is 4.31 Å². The van der Waals surface area contributed by atoms with E-state index in [1.165, 1.54) is 4.90 Å². The number of carbonyl (C=O) groups excluding carboxylic acids is 1. The number of anilines is 1. The second kappa shape index (κ2) is 5.57. The molecule has 1 aliphatic heterocycles. The van der Waals surface area contributed by atoms with Crippen molar-refractivity contribution in [2.24, 2.45) is 5.14 Å². The van der Waals surface area contributed by atoms with Crippen LogP contribution in [0.15, 0.2) is 18.2 Å². The van der Waals surface area contributed by atoms with Gasteiger partial charge in [-0.2, -0.15) is 12.7 Å². The number of benzene rings is 1. The van der Waals surface area contributed by atoms with E-state index in [4.69, 9.17) is 22.5 Å². The maximum atomic E-state index is 12.3. The van der Waals surface area contributed by atoms with E-state index >= 15 is 0 Å². The molecule has 1 heterocycles. The van der Waals surface area contributed by atoms with E-state index in [1.54, 1.807) is 18.2 Å². The summed E-state index contributed by atoms with van der Waals surface area (Å²) in [6.45, 7) is 0.874. The first-order valence-electron chi connectivity index (χ1n) is 5.92. The number of rotatable bonds is 2. The van der Waals surface area contributed by atoms with Gasteiger partial charge >= 0.3 is 0 Å². The summed E-state index contributed by atoms with van der Waals surface area (Å²) in [4.78, 5) is 13.8.